The third-order valence-corrected chi connectivity index (χ3v) is 5.67. The van der Waals surface area contributed by atoms with Crippen molar-refractivity contribution in [1.29, 1.82) is 0 Å². The molecule has 16 heavy (non-hydrogen) atoms. The maximum atomic E-state index is 12.0. The molecule has 0 fully saturated rings. The molecule has 1 aromatic heterocycles. The van der Waals surface area contributed by atoms with Crippen LogP contribution in [0.2, 0.25) is 0 Å². The van der Waals surface area contributed by atoms with Crippen molar-refractivity contribution in [3.63, 3.8) is 0 Å². The molecule has 0 unspecified atom stereocenters. The first-order valence-electron chi connectivity index (χ1n) is 4.62. The van der Waals surface area contributed by atoms with Crippen LogP contribution in [0.3, 0.4) is 0 Å². The van der Waals surface area contributed by atoms with Crippen LogP contribution in [0.4, 0.5) is 0 Å². The second kappa shape index (κ2) is 4.97. The van der Waals surface area contributed by atoms with Gasteiger partial charge in [0.15, 0.2) is 0 Å². The zero-order chi connectivity index (χ0) is 12.3. The molecule has 1 heterocycles. The first-order chi connectivity index (χ1) is 7.43. The highest BCUT2D eigenvalue weighted by atomic mass is 32.2. The standard InChI is InChI=1S/C10H14N2O2S2/c1-4-5-12(3)16(13,14)10-6-8(2)9(7-11)15-10/h1,6H,5,7,11H2,2-3H3. The molecule has 0 bridgehead atoms. The van der Waals surface area contributed by atoms with E-state index in [1.165, 1.54) is 18.4 Å². The topological polar surface area (TPSA) is 63.4 Å². The molecule has 0 saturated carbocycles. The molecule has 0 spiro atoms. The van der Waals surface area contributed by atoms with E-state index in [4.69, 9.17) is 12.2 Å². The van der Waals surface area contributed by atoms with Gasteiger partial charge in [0.1, 0.15) is 4.21 Å². The predicted octanol–water partition coefficient (Wildman–Crippen LogP) is 0.769. The Morgan fingerprint density at radius 3 is 2.69 bits per heavy atom. The average Bonchev–Trinajstić information content (AvgIpc) is 2.60. The Labute approximate surface area is 100 Å². The van der Waals surface area contributed by atoms with Crippen molar-refractivity contribution in [2.45, 2.75) is 17.7 Å². The van der Waals surface area contributed by atoms with E-state index in [0.717, 1.165) is 14.7 Å². The third kappa shape index (κ3) is 2.44. The highest BCUT2D eigenvalue weighted by molar-refractivity contribution is 7.91. The lowest BCUT2D eigenvalue weighted by Gasteiger charge is -2.11. The minimum Gasteiger partial charge on any atom is -0.326 e. The number of terminal acetylenes is 1. The quantitative estimate of drug-likeness (QED) is 0.811. The summed E-state index contributed by atoms with van der Waals surface area (Å²) in [4.78, 5) is 0.882. The zero-order valence-corrected chi connectivity index (χ0v) is 10.9. The Kier molecular flexibility index (Phi) is 4.10. The highest BCUT2D eigenvalue weighted by Crippen LogP contribution is 2.27. The molecule has 0 amide bonds. The minimum absolute atomic E-state index is 0.0667. The molecule has 88 valence electrons. The van der Waals surface area contributed by atoms with Crippen LogP contribution in [0.1, 0.15) is 10.4 Å². The van der Waals surface area contributed by atoms with Crippen LogP contribution in [0.5, 0.6) is 0 Å². The second-order valence-corrected chi connectivity index (χ2v) is 6.75. The molecule has 0 aliphatic rings. The second-order valence-electron chi connectivity index (χ2n) is 3.34. The van der Waals surface area contributed by atoms with Gasteiger partial charge in [-0.2, -0.15) is 4.31 Å². The van der Waals surface area contributed by atoms with Gasteiger partial charge < -0.3 is 5.73 Å². The highest BCUT2D eigenvalue weighted by Gasteiger charge is 2.23. The third-order valence-electron chi connectivity index (χ3n) is 2.16. The predicted molar refractivity (Wildman–Crippen MR) is 65.6 cm³/mol. The van der Waals surface area contributed by atoms with Crippen molar-refractivity contribution in [2.75, 3.05) is 13.6 Å². The van der Waals surface area contributed by atoms with Gasteiger partial charge in [0.25, 0.3) is 10.0 Å². The van der Waals surface area contributed by atoms with Crippen molar-refractivity contribution in [3.05, 3.63) is 16.5 Å². The molecule has 1 rings (SSSR count). The lowest BCUT2D eigenvalue weighted by Crippen LogP contribution is -2.26. The molecule has 0 aliphatic carbocycles. The van der Waals surface area contributed by atoms with E-state index in [-0.39, 0.29) is 6.54 Å². The van der Waals surface area contributed by atoms with Gasteiger partial charge in [-0.15, -0.1) is 17.8 Å². The number of nitrogens with zero attached hydrogens (tertiary/aromatic N) is 1. The summed E-state index contributed by atoms with van der Waals surface area (Å²) in [5.41, 5.74) is 6.41. The smallest absolute Gasteiger partial charge is 0.253 e. The SMILES string of the molecule is C#CCN(C)S(=O)(=O)c1cc(C)c(CN)s1. The Morgan fingerprint density at radius 2 is 2.25 bits per heavy atom. The average molecular weight is 258 g/mol. The van der Waals surface area contributed by atoms with Crippen molar-refractivity contribution in [3.8, 4) is 12.3 Å². The van der Waals surface area contributed by atoms with Gasteiger partial charge in [-0.05, 0) is 18.6 Å². The summed E-state index contributed by atoms with van der Waals surface area (Å²) in [6, 6.07) is 1.63. The molecular weight excluding hydrogens is 244 g/mol. The molecule has 0 atom stereocenters. The first-order valence-corrected chi connectivity index (χ1v) is 6.88. The monoisotopic (exact) mass is 258 g/mol. The van der Waals surface area contributed by atoms with Crippen LogP contribution in [0.15, 0.2) is 10.3 Å². The van der Waals surface area contributed by atoms with E-state index in [1.54, 1.807) is 6.07 Å². The van der Waals surface area contributed by atoms with Crippen molar-refractivity contribution >= 4 is 21.4 Å². The van der Waals surface area contributed by atoms with Crippen LogP contribution in [-0.2, 0) is 16.6 Å². The van der Waals surface area contributed by atoms with Gasteiger partial charge in [0.05, 0.1) is 6.54 Å². The maximum Gasteiger partial charge on any atom is 0.253 e. The summed E-state index contributed by atoms with van der Waals surface area (Å²) in [5.74, 6) is 2.31. The van der Waals surface area contributed by atoms with Gasteiger partial charge in [0, 0.05) is 18.5 Å². The van der Waals surface area contributed by atoms with E-state index < -0.39 is 10.0 Å². The van der Waals surface area contributed by atoms with Crippen molar-refractivity contribution in [1.82, 2.24) is 4.31 Å². The summed E-state index contributed by atoms with van der Waals surface area (Å²) >= 11 is 1.20. The number of sulfonamides is 1. The summed E-state index contributed by atoms with van der Waals surface area (Å²) in [7, 11) is -1.99. The van der Waals surface area contributed by atoms with Crippen LogP contribution in [0.25, 0.3) is 0 Å². The number of rotatable bonds is 4. The summed E-state index contributed by atoms with van der Waals surface area (Å²) < 4.78 is 25.5. The molecule has 4 nitrogen and oxygen atoms in total. The van der Waals surface area contributed by atoms with E-state index in [0.29, 0.717) is 10.8 Å². The summed E-state index contributed by atoms with van der Waals surface area (Å²) in [5, 5.41) is 0. The fourth-order valence-corrected chi connectivity index (χ4v) is 3.95. The normalized spacial score (nSPS) is 11.7. The van der Waals surface area contributed by atoms with Gasteiger partial charge in [-0.3, -0.25) is 0 Å². The van der Waals surface area contributed by atoms with E-state index in [2.05, 4.69) is 5.92 Å². The van der Waals surface area contributed by atoms with Crippen molar-refractivity contribution < 1.29 is 8.42 Å². The fraction of sp³-hybridized carbons (Fsp3) is 0.400. The van der Waals surface area contributed by atoms with Crippen LogP contribution in [-0.4, -0.2) is 26.3 Å². The summed E-state index contributed by atoms with van der Waals surface area (Å²) in [6.07, 6.45) is 5.09. The molecular formula is C10H14N2O2S2. The van der Waals surface area contributed by atoms with Gasteiger partial charge >= 0.3 is 0 Å². The number of hydrogen-bond acceptors (Lipinski definition) is 4. The van der Waals surface area contributed by atoms with E-state index in [9.17, 15) is 8.42 Å². The first kappa shape index (κ1) is 13.2. The van der Waals surface area contributed by atoms with Gasteiger partial charge in [-0.25, -0.2) is 8.42 Å². The Morgan fingerprint density at radius 1 is 1.62 bits per heavy atom. The largest absolute Gasteiger partial charge is 0.326 e. The fourth-order valence-electron chi connectivity index (χ4n) is 1.19. The molecule has 0 aromatic carbocycles. The molecule has 0 aliphatic heterocycles. The number of nitrogens with two attached hydrogens (primary N) is 1. The minimum atomic E-state index is -3.46. The van der Waals surface area contributed by atoms with E-state index in [1.807, 2.05) is 6.92 Å². The maximum absolute atomic E-state index is 12.0. The number of thiophene rings is 1. The summed E-state index contributed by atoms with van der Waals surface area (Å²) in [6.45, 7) is 2.26. The van der Waals surface area contributed by atoms with Gasteiger partial charge in [-0.1, -0.05) is 5.92 Å². The Hall–Kier alpha value is -0.870. The zero-order valence-electron chi connectivity index (χ0n) is 9.23. The lowest BCUT2D eigenvalue weighted by atomic mass is 10.3. The molecule has 1 aromatic rings. The number of hydrogen-bond donors (Lipinski definition) is 1. The lowest BCUT2D eigenvalue weighted by molar-refractivity contribution is 0.505. The van der Waals surface area contributed by atoms with Crippen LogP contribution >= 0.6 is 11.3 Å². The van der Waals surface area contributed by atoms with Gasteiger partial charge in [0.2, 0.25) is 0 Å². The van der Waals surface area contributed by atoms with Crippen LogP contribution in [0, 0.1) is 19.3 Å². The molecule has 6 heteroatoms. The number of aryl methyl sites for hydroxylation is 1. The Bertz CT molecular complexity index is 511. The van der Waals surface area contributed by atoms with Crippen LogP contribution < -0.4 is 5.73 Å². The molecule has 0 radical (unpaired) electrons. The molecule has 2 N–H and O–H groups in total. The van der Waals surface area contributed by atoms with E-state index >= 15 is 0 Å². The molecule has 0 saturated heterocycles. The Balaban J connectivity index is 3.13. The van der Waals surface area contributed by atoms with Crippen molar-refractivity contribution in [2.24, 2.45) is 5.73 Å².